The number of ether oxygens (including phenoxy) is 1. The summed E-state index contributed by atoms with van der Waals surface area (Å²) in [7, 11) is 0. The molecule has 3 N–H and O–H groups in total. The lowest BCUT2D eigenvalue weighted by atomic mass is 10.0. The largest absolute Gasteiger partial charge is 0.433 e. The molecule has 0 aliphatic rings. The van der Waals surface area contributed by atoms with Crippen molar-refractivity contribution < 1.29 is 28.8 Å². The van der Waals surface area contributed by atoms with E-state index in [2.05, 4.69) is 9.98 Å². The van der Waals surface area contributed by atoms with Crippen LogP contribution in [0.1, 0.15) is 37.7 Å². The minimum Gasteiger partial charge on any atom is -0.433 e. The molecular formula is C26H25ClF2N4O6. The number of aliphatic imine (C=N–C) groups is 1. The Kier molecular flexibility index (Phi) is 8.66. The average Bonchev–Trinajstić information content (AvgIpc) is 2.83. The van der Waals surface area contributed by atoms with E-state index in [1.807, 2.05) is 0 Å². The maximum absolute atomic E-state index is 14.0. The van der Waals surface area contributed by atoms with E-state index in [0.29, 0.717) is 12.3 Å². The Morgan fingerprint density at radius 3 is 2.49 bits per heavy atom. The summed E-state index contributed by atoms with van der Waals surface area (Å²) < 4.78 is 34.4. The van der Waals surface area contributed by atoms with Crippen LogP contribution in [0.2, 0.25) is 5.02 Å². The van der Waals surface area contributed by atoms with Crippen molar-refractivity contribution in [2.24, 2.45) is 4.99 Å². The Balaban J connectivity index is 2.04. The summed E-state index contributed by atoms with van der Waals surface area (Å²) in [6.45, 7) is 6.11. The van der Waals surface area contributed by atoms with Gasteiger partial charge >= 0.3 is 5.97 Å². The first kappa shape index (κ1) is 29.6. The number of pyridine rings is 3. The fourth-order valence-electron chi connectivity index (χ4n) is 3.43. The predicted octanol–water partition coefficient (Wildman–Crippen LogP) is 3.00. The second-order valence-corrected chi connectivity index (χ2v) is 9.15. The Morgan fingerprint density at radius 1 is 1.18 bits per heavy atom. The van der Waals surface area contributed by atoms with Crippen LogP contribution in [-0.2, 0) is 11.6 Å². The van der Waals surface area contributed by atoms with Crippen LogP contribution in [-0.4, -0.2) is 35.3 Å². The molecule has 3 heterocycles. The SMILES string of the molecule is C/C=C/N=C(/C=C/n1c(C)cc(OC(O)(O)c2ncc(F)cc2F)c(Cl)c1=O)n1cccc(C(C)(C)O)c1=O. The Labute approximate surface area is 226 Å². The molecule has 13 heteroatoms. The van der Waals surface area contributed by atoms with Gasteiger partial charge in [0.25, 0.3) is 11.1 Å². The molecule has 0 spiro atoms. The van der Waals surface area contributed by atoms with Crippen molar-refractivity contribution >= 4 is 23.6 Å². The molecule has 0 radical (unpaired) electrons. The first-order valence-corrected chi connectivity index (χ1v) is 11.7. The summed E-state index contributed by atoms with van der Waals surface area (Å²) in [4.78, 5) is 33.5. The van der Waals surface area contributed by atoms with Gasteiger partial charge in [0.05, 0.1) is 11.8 Å². The van der Waals surface area contributed by atoms with Crippen molar-refractivity contribution in [2.75, 3.05) is 0 Å². The van der Waals surface area contributed by atoms with Crippen LogP contribution >= 0.6 is 11.6 Å². The van der Waals surface area contributed by atoms with Crippen LogP contribution in [0.5, 0.6) is 5.75 Å². The van der Waals surface area contributed by atoms with E-state index in [-0.39, 0.29) is 17.1 Å². The van der Waals surface area contributed by atoms with E-state index in [1.165, 1.54) is 62.1 Å². The van der Waals surface area contributed by atoms with Gasteiger partial charge in [0, 0.05) is 42.0 Å². The number of allylic oxidation sites excluding steroid dienone is 2. The topological polar surface area (TPSA) is 139 Å². The van der Waals surface area contributed by atoms with Gasteiger partial charge in [0.15, 0.2) is 17.3 Å². The highest BCUT2D eigenvalue weighted by molar-refractivity contribution is 6.31. The third-order valence-corrected chi connectivity index (χ3v) is 5.64. The monoisotopic (exact) mass is 562 g/mol. The molecule has 0 amide bonds. The van der Waals surface area contributed by atoms with Crippen LogP contribution in [0, 0.1) is 18.6 Å². The minimum atomic E-state index is -3.39. The van der Waals surface area contributed by atoms with Gasteiger partial charge in [0.2, 0.25) is 0 Å². The van der Waals surface area contributed by atoms with Crippen molar-refractivity contribution in [3.05, 3.63) is 109 Å². The Bertz CT molecular complexity index is 1600. The van der Waals surface area contributed by atoms with Crippen LogP contribution in [0.3, 0.4) is 0 Å². The summed E-state index contributed by atoms with van der Waals surface area (Å²) >= 11 is 6.13. The van der Waals surface area contributed by atoms with Gasteiger partial charge in [-0.25, -0.2) is 18.8 Å². The van der Waals surface area contributed by atoms with Gasteiger partial charge in [-0.1, -0.05) is 17.7 Å². The Hall–Kier alpha value is -3.97. The van der Waals surface area contributed by atoms with E-state index in [0.717, 1.165) is 4.57 Å². The number of halogens is 3. The summed E-state index contributed by atoms with van der Waals surface area (Å²) in [5.74, 6) is -6.27. The number of hydrogen-bond donors (Lipinski definition) is 3. The van der Waals surface area contributed by atoms with Crippen molar-refractivity contribution in [1.29, 1.82) is 0 Å². The molecule has 0 aliphatic heterocycles. The maximum Gasteiger partial charge on any atom is 0.372 e. The standard InChI is InChI=1S/C26H25ClF2N4O6/c1-5-9-30-20(33-10-6-7-17(23(33)34)25(3,4)36)8-11-32-15(2)12-19(21(27)24(32)35)39-26(37,38)22-18(29)13-16(28)14-31-22/h5-14,36-38H,1-4H3/b9-5+,11-8+,30-20-. The lowest BCUT2D eigenvalue weighted by molar-refractivity contribution is -0.308. The predicted molar refractivity (Wildman–Crippen MR) is 140 cm³/mol. The molecule has 0 unspecified atom stereocenters. The highest BCUT2D eigenvalue weighted by Gasteiger charge is 2.36. The average molecular weight is 563 g/mol. The maximum atomic E-state index is 14.0. The van der Waals surface area contributed by atoms with E-state index < -0.39 is 50.8 Å². The second kappa shape index (κ2) is 11.4. The number of hydrogen-bond acceptors (Lipinski definition) is 8. The van der Waals surface area contributed by atoms with Gasteiger partial charge in [-0.2, -0.15) is 0 Å². The van der Waals surface area contributed by atoms with Crippen molar-refractivity contribution in [3.63, 3.8) is 0 Å². The number of aryl methyl sites for hydroxylation is 1. The van der Waals surface area contributed by atoms with Crippen molar-refractivity contribution in [1.82, 2.24) is 14.1 Å². The van der Waals surface area contributed by atoms with Gasteiger partial charge in [0.1, 0.15) is 16.7 Å². The van der Waals surface area contributed by atoms with E-state index in [1.54, 1.807) is 19.1 Å². The molecule has 39 heavy (non-hydrogen) atoms. The molecular weight excluding hydrogens is 538 g/mol. The van der Waals surface area contributed by atoms with Crippen LogP contribution in [0.25, 0.3) is 6.20 Å². The number of aromatic nitrogens is 3. The van der Waals surface area contributed by atoms with Crippen LogP contribution in [0.4, 0.5) is 8.78 Å². The molecule has 0 saturated carbocycles. The lowest BCUT2D eigenvalue weighted by Gasteiger charge is -2.23. The highest BCUT2D eigenvalue weighted by Crippen LogP contribution is 2.29. The third-order valence-electron chi connectivity index (χ3n) is 5.29. The lowest BCUT2D eigenvalue weighted by Crippen LogP contribution is -2.35. The molecule has 10 nitrogen and oxygen atoms in total. The molecule has 3 rings (SSSR count). The minimum absolute atomic E-state index is 0.0922. The Morgan fingerprint density at radius 2 is 1.87 bits per heavy atom. The summed E-state index contributed by atoms with van der Waals surface area (Å²) in [5.41, 5.74) is -3.57. The summed E-state index contributed by atoms with van der Waals surface area (Å²) in [6.07, 6.45) is 7.65. The molecule has 3 aromatic heterocycles. The van der Waals surface area contributed by atoms with Gasteiger partial charge < -0.3 is 20.1 Å². The molecule has 0 bridgehead atoms. The molecule has 0 aromatic carbocycles. The molecule has 0 aliphatic carbocycles. The smallest absolute Gasteiger partial charge is 0.372 e. The zero-order valence-corrected chi connectivity index (χ0v) is 22.0. The van der Waals surface area contributed by atoms with Gasteiger partial charge in [-0.15, -0.1) is 0 Å². The third kappa shape index (κ3) is 6.55. The van der Waals surface area contributed by atoms with Crippen molar-refractivity contribution in [3.8, 4) is 5.75 Å². The molecule has 206 valence electrons. The van der Waals surface area contributed by atoms with E-state index >= 15 is 0 Å². The summed E-state index contributed by atoms with van der Waals surface area (Å²) in [5, 5.41) is 30.2. The van der Waals surface area contributed by atoms with Crippen LogP contribution < -0.4 is 15.9 Å². The van der Waals surface area contributed by atoms with Gasteiger partial charge in [-0.05, 0) is 45.9 Å². The van der Waals surface area contributed by atoms with Crippen LogP contribution in [0.15, 0.2) is 69.6 Å². The molecule has 0 fully saturated rings. The molecule has 3 aromatic rings. The van der Waals surface area contributed by atoms with Gasteiger partial charge in [-0.3, -0.25) is 18.7 Å². The normalized spacial score (nSPS) is 13.0. The first-order chi connectivity index (χ1) is 18.2. The zero-order chi connectivity index (χ0) is 29.1. The van der Waals surface area contributed by atoms with E-state index in [4.69, 9.17) is 16.3 Å². The van der Waals surface area contributed by atoms with Crippen molar-refractivity contribution in [2.45, 2.75) is 39.3 Å². The zero-order valence-electron chi connectivity index (χ0n) is 21.3. The highest BCUT2D eigenvalue weighted by atomic mass is 35.5. The fraction of sp³-hybridized carbons (Fsp3) is 0.231. The fourth-order valence-corrected chi connectivity index (χ4v) is 3.61. The first-order valence-electron chi connectivity index (χ1n) is 11.4. The van der Waals surface area contributed by atoms with E-state index in [9.17, 15) is 33.7 Å². The number of aliphatic hydroxyl groups is 3. The summed E-state index contributed by atoms with van der Waals surface area (Å²) in [6, 6.07) is 4.58. The quantitative estimate of drug-likeness (QED) is 0.228. The number of rotatable bonds is 7. The molecule has 0 atom stereocenters. The molecule has 0 saturated heterocycles. The number of nitrogens with zero attached hydrogens (tertiary/aromatic N) is 4. The second-order valence-electron chi connectivity index (χ2n) is 8.77.